The highest BCUT2D eigenvalue weighted by atomic mass is 79.9. The molecule has 2 rings (SSSR count). The summed E-state index contributed by atoms with van der Waals surface area (Å²) < 4.78 is 1.48. The van der Waals surface area contributed by atoms with E-state index in [1.807, 2.05) is 12.1 Å². The third kappa shape index (κ3) is 4.20. The van der Waals surface area contributed by atoms with Crippen molar-refractivity contribution in [3.63, 3.8) is 0 Å². The molecule has 0 radical (unpaired) electrons. The summed E-state index contributed by atoms with van der Waals surface area (Å²) >= 11 is 6.74. The Bertz CT molecular complexity index is 419. The minimum atomic E-state index is 0.267. The van der Waals surface area contributed by atoms with E-state index >= 15 is 0 Å². The fourth-order valence-corrected chi connectivity index (χ4v) is 4.09. The SMILES string of the molecule is CC1(CNCc2cc(Br)c(O)c(Br)c2)CCCCC1. The normalized spacial score (nSPS) is 18.5. The van der Waals surface area contributed by atoms with Gasteiger partial charge in [-0.25, -0.2) is 0 Å². The second-order valence-corrected chi connectivity index (χ2v) is 7.59. The molecular formula is C15H21Br2NO. The highest BCUT2D eigenvalue weighted by molar-refractivity contribution is 9.11. The van der Waals surface area contributed by atoms with Crippen molar-refractivity contribution in [2.24, 2.45) is 5.41 Å². The van der Waals surface area contributed by atoms with Gasteiger partial charge >= 0.3 is 0 Å². The van der Waals surface area contributed by atoms with Gasteiger partial charge in [-0.1, -0.05) is 26.2 Å². The van der Waals surface area contributed by atoms with E-state index in [0.717, 1.165) is 22.0 Å². The largest absolute Gasteiger partial charge is 0.506 e. The van der Waals surface area contributed by atoms with Crippen LogP contribution in [-0.4, -0.2) is 11.7 Å². The number of benzene rings is 1. The Morgan fingerprint density at radius 3 is 2.32 bits per heavy atom. The van der Waals surface area contributed by atoms with Crippen molar-refractivity contribution in [1.82, 2.24) is 5.32 Å². The van der Waals surface area contributed by atoms with Crippen molar-refractivity contribution in [1.29, 1.82) is 0 Å². The predicted octanol–water partition coefficient (Wildman–Crippen LogP) is 4.98. The van der Waals surface area contributed by atoms with Gasteiger partial charge in [-0.15, -0.1) is 0 Å². The van der Waals surface area contributed by atoms with E-state index in [1.54, 1.807) is 0 Å². The smallest absolute Gasteiger partial charge is 0.143 e. The third-order valence-electron chi connectivity index (χ3n) is 4.02. The van der Waals surface area contributed by atoms with Crippen LogP contribution >= 0.6 is 31.9 Å². The first-order valence-corrected chi connectivity index (χ1v) is 8.46. The first kappa shape index (κ1) is 15.3. The van der Waals surface area contributed by atoms with Crippen LogP contribution in [0.5, 0.6) is 5.75 Å². The molecule has 0 unspecified atom stereocenters. The molecule has 1 aliphatic rings. The fourth-order valence-electron chi connectivity index (χ4n) is 2.81. The summed E-state index contributed by atoms with van der Waals surface area (Å²) in [5, 5.41) is 13.2. The molecule has 0 atom stereocenters. The molecule has 1 aliphatic carbocycles. The minimum Gasteiger partial charge on any atom is -0.506 e. The molecule has 0 amide bonds. The van der Waals surface area contributed by atoms with Crippen molar-refractivity contribution in [2.75, 3.05) is 6.54 Å². The number of halogens is 2. The standard InChI is InChI=1S/C15H21Br2NO/c1-15(5-3-2-4-6-15)10-18-9-11-7-12(16)14(19)13(17)8-11/h7-8,18-19H,2-6,9-10H2,1H3. The Labute approximate surface area is 132 Å². The molecule has 0 bridgehead atoms. The van der Waals surface area contributed by atoms with Crippen LogP contribution < -0.4 is 5.32 Å². The lowest BCUT2D eigenvalue weighted by Crippen LogP contribution is -2.33. The van der Waals surface area contributed by atoms with Gasteiger partial charge in [0.25, 0.3) is 0 Å². The Morgan fingerprint density at radius 2 is 1.74 bits per heavy atom. The quantitative estimate of drug-likeness (QED) is 0.759. The van der Waals surface area contributed by atoms with E-state index in [4.69, 9.17) is 0 Å². The summed E-state index contributed by atoms with van der Waals surface area (Å²) in [6, 6.07) is 3.94. The van der Waals surface area contributed by atoms with Crippen LogP contribution in [0.1, 0.15) is 44.6 Å². The zero-order valence-electron chi connectivity index (χ0n) is 11.3. The maximum absolute atomic E-state index is 9.69. The lowest BCUT2D eigenvalue weighted by atomic mass is 9.76. The Balaban J connectivity index is 1.89. The molecule has 1 aromatic rings. The van der Waals surface area contributed by atoms with Crippen molar-refractivity contribution in [2.45, 2.75) is 45.6 Å². The molecule has 1 fully saturated rings. The van der Waals surface area contributed by atoms with Crippen LogP contribution in [0.2, 0.25) is 0 Å². The van der Waals surface area contributed by atoms with Crippen LogP contribution in [0.3, 0.4) is 0 Å². The number of aromatic hydroxyl groups is 1. The monoisotopic (exact) mass is 389 g/mol. The molecule has 1 saturated carbocycles. The second kappa shape index (κ2) is 6.59. The third-order valence-corrected chi connectivity index (χ3v) is 5.23. The van der Waals surface area contributed by atoms with E-state index in [-0.39, 0.29) is 5.75 Å². The highest BCUT2D eigenvalue weighted by Crippen LogP contribution is 2.35. The first-order valence-electron chi connectivity index (χ1n) is 6.88. The maximum Gasteiger partial charge on any atom is 0.143 e. The highest BCUT2D eigenvalue weighted by Gasteiger charge is 2.25. The Morgan fingerprint density at radius 1 is 1.16 bits per heavy atom. The minimum absolute atomic E-state index is 0.267. The number of nitrogens with one attached hydrogen (secondary N) is 1. The molecule has 106 valence electrons. The lowest BCUT2D eigenvalue weighted by molar-refractivity contribution is 0.207. The Hall–Kier alpha value is -0.0600. The van der Waals surface area contributed by atoms with Crippen LogP contribution in [0.15, 0.2) is 21.1 Å². The molecule has 0 heterocycles. The number of phenolic OH excluding ortho intramolecular Hbond substituents is 1. The fraction of sp³-hybridized carbons (Fsp3) is 0.600. The van der Waals surface area contributed by atoms with Gasteiger partial charge in [0.2, 0.25) is 0 Å². The second-order valence-electron chi connectivity index (χ2n) is 5.88. The number of phenols is 1. The summed E-state index contributed by atoms with van der Waals surface area (Å²) in [4.78, 5) is 0. The van der Waals surface area contributed by atoms with E-state index in [9.17, 15) is 5.11 Å². The molecular weight excluding hydrogens is 370 g/mol. The maximum atomic E-state index is 9.69. The molecule has 0 saturated heterocycles. The van der Waals surface area contributed by atoms with Crippen molar-refractivity contribution >= 4 is 31.9 Å². The van der Waals surface area contributed by atoms with Gasteiger partial charge in [0.05, 0.1) is 8.95 Å². The van der Waals surface area contributed by atoms with E-state index in [1.165, 1.54) is 37.7 Å². The van der Waals surface area contributed by atoms with Crippen LogP contribution in [0.25, 0.3) is 0 Å². The van der Waals surface area contributed by atoms with Gasteiger partial charge in [-0.3, -0.25) is 0 Å². The van der Waals surface area contributed by atoms with Gasteiger partial charge in [0.1, 0.15) is 5.75 Å². The van der Waals surface area contributed by atoms with Crippen molar-refractivity contribution in [3.8, 4) is 5.75 Å². The molecule has 2 nitrogen and oxygen atoms in total. The van der Waals surface area contributed by atoms with Crippen LogP contribution in [0.4, 0.5) is 0 Å². The lowest BCUT2D eigenvalue weighted by Gasteiger charge is -2.33. The molecule has 2 N–H and O–H groups in total. The molecule has 1 aromatic carbocycles. The van der Waals surface area contributed by atoms with Crippen molar-refractivity contribution < 1.29 is 5.11 Å². The summed E-state index contributed by atoms with van der Waals surface area (Å²) in [6.45, 7) is 4.30. The summed E-state index contributed by atoms with van der Waals surface area (Å²) in [6.07, 6.45) is 6.81. The van der Waals surface area contributed by atoms with Gasteiger partial charge in [0, 0.05) is 13.1 Å². The van der Waals surface area contributed by atoms with Crippen molar-refractivity contribution in [3.05, 3.63) is 26.6 Å². The molecule has 0 spiro atoms. The molecule has 4 heteroatoms. The van der Waals surface area contributed by atoms with E-state index in [2.05, 4.69) is 44.1 Å². The summed E-state index contributed by atoms with van der Waals surface area (Å²) in [5.41, 5.74) is 1.64. The summed E-state index contributed by atoms with van der Waals surface area (Å²) in [5.74, 6) is 0.267. The number of hydrogen-bond acceptors (Lipinski definition) is 2. The zero-order valence-corrected chi connectivity index (χ0v) is 14.5. The zero-order chi connectivity index (χ0) is 13.9. The van der Waals surface area contributed by atoms with Gasteiger partial charge in [-0.05, 0) is 67.8 Å². The van der Waals surface area contributed by atoms with E-state index < -0.39 is 0 Å². The Kier molecular flexibility index (Phi) is 5.32. The average Bonchev–Trinajstić information content (AvgIpc) is 2.36. The first-order chi connectivity index (χ1) is 9.00. The average molecular weight is 391 g/mol. The number of hydrogen-bond donors (Lipinski definition) is 2. The summed E-state index contributed by atoms with van der Waals surface area (Å²) in [7, 11) is 0. The topological polar surface area (TPSA) is 32.3 Å². The van der Waals surface area contributed by atoms with E-state index in [0.29, 0.717) is 5.41 Å². The molecule has 19 heavy (non-hydrogen) atoms. The van der Waals surface area contributed by atoms with Gasteiger partial charge < -0.3 is 10.4 Å². The number of rotatable bonds is 4. The van der Waals surface area contributed by atoms with Crippen LogP contribution in [-0.2, 0) is 6.54 Å². The molecule has 0 aliphatic heterocycles. The van der Waals surface area contributed by atoms with Gasteiger partial charge in [0.15, 0.2) is 0 Å². The van der Waals surface area contributed by atoms with Gasteiger partial charge in [-0.2, -0.15) is 0 Å². The van der Waals surface area contributed by atoms with Crippen LogP contribution in [0, 0.1) is 5.41 Å². The molecule has 0 aromatic heterocycles. The predicted molar refractivity (Wildman–Crippen MR) is 86.4 cm³/mol.